The first-order valence-electron chi connectivity index (χ1n) is 9.70. The lowest BCUT2D eigenvalue weighted by atomic mass is 10.1. The Morgan fingerprint density at radius 2 is 1.08 bits per heavy atom. The first kappa shape index (κ1) is 23.7. The van der Waals surface area contributed by atoms with Gasteiger partial charge < -0.3 is 0 Å². The number of carbonyl (C=O) groups excluding carboxylic acids is 1. The molecule has 0 fully saturated rings. The van der Waals surface area contributed by atoms with Crippen molar-refractivity contribution in [2.24, 2.45) is 0 Å². The second-order valence-corrected chi connectivity index (χ2v) is 6.43. The summed E-state index contributed by atoms with van der Waals surface area (Å²) in [6.07, 6.45) is 33.5. The Morgan fingerprint density at radius 1 is 0.640 bits per heavy atom. The van der Waals surface area contributed by atoms with E-state index in [1.165, 1.54) is 6.42 Å². The largest absolute Gasteiger partial charge is 0.281 e. The van der Waals surface area contributed by atoms with Crippen LogP contribution in [0.25, 0.3) is 0 Å². The van der Waals surface area contributed by atoms with E-state index in [-0.39, 0.29) is 5.24 Å². The molecule has 140 valence electrons. The maximum absolute atomic E-state index is 10.6. The molecule has 1 nitrogen and oxygen atoms in total. The summed E-state index contributed by atoms with van der Waals surface area (Å²) >= 11 is 5.29. The average molecular weight is 363 g/mol. The highest BCUT2D eigenvalue weighted by Crippen LogP contribution is 2.05. The average Bonchev–Trinajstić information content (AvgIpc) is 2.60. The van der Waals surface area contributed by atoms with Crippen LogP contribution in [-0.2, 0) is 4.79 Å². The van der Waals surface area contributed by atoms with E-state index in [0.29, 0.717) is 6.42 Å². The van der Waals surface area contributed by atoms with E-state index >= 15 is 0 Å². The smallest absolute Gasteiger partial charge is 0.221 e. The van der Waals surface area contributed by atoms with Gasteiger partial charge >= 0.3 is 0 Å². The van der Waals surface area contributed by atoms with Gasteiger partial charge in [0.05, 0.1) is 0 Å². The van der Waals surface area contributed by atoms with Gasteiger partial charge in [-0.25, -0.2) is 0 Å². The first-order chi connectivity index (χ1) is 12.3. The topological polar surface area (TPSA) is 17.1 Å². The van der Waals surface area contributed by atoms with Crippen LogP contribution in [0.1, 0.15) is 77.6 Å². The van der Waals surface area contributed by atoms with Crippen LogP contribution < -0.4 is 0 Å². The molecule has 0 aromatic rings. The number of hydrogen-bond donors (Lipinski definition) is 0. The lowest BCUT2D eigenvalue weighted by Gasteiger charge is -1.93. The molecule has 0 saturated heterocycles. The lowest BCUT2D eigenvalue weighted by molar-refractivity contribution is -0.111. The molecule has 0 spiro atoms. The third kappa shape index (κ3) is 22.7. The summed E-state index contributed by atoms with van der Waals surface area (Å²) in [6.45, 7) is 2.16. The van der Waals surface area contributed by atoms with Crippen LogP contribution in [0.4, 0.5) is 0 Å². The molecular weight excluding hydrogens is 328 g/mol. The Morgan fingerprint density at radius 3 is 1.60 bits per heavy atom. The first-order valence-corrected chi connectivity index (χ1v) is 10.1. The number of rotatable bonds is 16. The Hall–Kier alpha value is -1.34. The molecule has 0 rings (SSSR count). The van der Waals surface area contributed by atoms with Crippen LogP contribution in [0.15, 0.2) is 60.8 Å². The van der Waals surface area contributed by atoms with Crippen molar-refractivity contribution in [1.29, 1.82) is 0 Å². The van der Waals surface area contributed by atoms with E-state index in [2.05, 4.69) is 67.7 Å². The predicted octanol–water partition coefficient (Wildman–Crippen LogP) is 7.84. The fourth-order valence-corrected chi connectivity index (χ4v) is 2.35. The zero-order chi connectivity index (χ0) is 18.4. The van der Waals surface area contributed by atoms with E-state index < -0.39 is 0 Å². The van der Waals surface area contributed by atoms with Crippen LogP contribution in [0.3, 0.4) is 0 Å². The Bertz CT molecular complexity index is 441. The van der Waals surface area contributed by atoms with Crippen molar-refractivity contribution < 1.29 is 4.79 Å². The second-order valence-electron chi connectivity index (χ2n) is 6.00. The fourth-order valence-electron chi connectivity index (χ4n) is 2.21. The minimum Gasteiger partial charge on any atom is -0.281 e. The van der Waals surface area contributed by atoms with Crippen molar-refractivity contribution in [2.75, 3.05) is 0 Å². The highest BCUT2D eigenvalue weighted by Gasteiger charge is 1.93. The standard InChI is InChI=1S/C23H35ClO/c1-2-3-4-5-6-7-8-9-10-11-12-13-14-15-16-17-18-19-20-21-22-23(24)25/h3-4,6-7,9-10,12-13,17-18H,2,5,8,11,14-16,19-22H2,1H3. The molecular formula is C23H35ClO. The number of carbonyl (C=O) groups is 1. The molecule has 0 unspecified atom stereocenters. The van der Waals surface area contributed by atoms with Crippen LogP contribution in [-0.4, -0.2) is 5.24 Å². The lowest BCUT2D eigenvalue weighted by Crippen LogP contribution is -1.84. The van der Waals surface area contributed by atoms with Gasteiger partial charge in [-0.05, 0) is 75.8 Å². The predicted molar refractivity (Wildman–Crippen MR) is 113 cm³/mol. The monoisotopic (exact) mass is 362 g/mol. The summed E-state index contributed by atoms with van der Waals surface area (Å²) in [5.74, 6) is 0. The van der Waals surface area contributed by atoms with Crippen LogP contribution in [0, 0.1) is 0 Å². The molecule has 2 heteroatoms. The normalized spacial score (nSPS) is 12.7. The van der Waals surface area contributed by atoms with Gasteiger partial charge in [0.15, 0.2) is 0 Å². The van der Waals surface area contributed by atoms with Crippen molar-refractivity contribution in [3.8, 4) is 0 Å². The molecule has 0 amide bonds. The van der Waals surface area contributed by atoms with Gasteiger partial charge in [0, 0.05) is 6.42 Å². The number of halogens is 1. The zero-order valence-corrected chi connectivity index (χ0v) is 16.6. The molecule has 0 aliphatic carbocycles. The minimum atomic E-state index is -0.220. The molecule has 25 heavy (non-hydrogen) atoms. The fraction of sp³-hybridized carbons (Fsp3) is 0.522. The summed E-state index contributed by atoms with van der Waals surface area (Å²) in [6, 6.07) is 0. The molecule has 0 bridgehead atoms. The van der Waals surface area contributed by atoms with Gasteiger partial charge in [0.25, 0.3) is 0 Å². The Balaban J connectivity index is 3.38. The van der Waals surface area contributed by atoms with Gasteiger partial charge in [-0.15, -0.1) is 0 Å². The van der Waals surface area contributed by atoms with E-state index in [1.807, 2.05) is 0 Å². The third-order valence-electron chi connectivity index (χ3n) is 3.62. The van der Waals surface area contributed by atoms with Crippen molar-refractivity contribution in [1.82, 2.24) is 0 Å². The second kappa shape index (κ2) is 20.7. The van der Waals surface area contributed by atoms with E-state index in [0.717, 1.165) is 57.8 Å². The van der Waals surface area contributed by atoms with Gasteiger partial charge in [-0.1, -0.05) is 67.7 Å². The van der Waals surface area contributed by atoms with E-state index in [1.54, 1.807) is 0 Å². The van der Waals surface area contributed by atoms with Gasteiger partial charge in [0.1, 0.15) is 0 Å². The number of unbranched alkanes of at least 4 members (excludes halogenated alkanes) is 4. The summed E-state index contributed by atoms with van der Waals surface area (Å²) < 4.78 is 0. The van der Waals surface area contributed by atoms with Gasteiger partial charge in [-0.3, -0.25) is 4.79 Å². The molecule has 0 aliphatic rings. The molecule has 0 saturated carbocycles. The SMILES string of the molecule is CCC=CCC=CCC=CCC=CCCCC=CCCCCC(=O)Cl. The van der Waals surface area contributed by atoms with Crippen LogP contribution in [0.2, 0.25) is 0 Å². The highest BCUT2D eigenvalue weighted by atomic mass is 35.5. The summed E-state index contributed by atoms with van der Waals surface area (Å²) in [4.78, 5) is 10.6. The molecule has 0 atom stereocenters. The number of allylic oxidation sites excluding steroid dienone is 10. The minimum absolute atomic E-state index is 0.220. The van der Waals surface area contributed by atoms with Gasteiger partial charge in [-0.2, -0.15) is 0 Å². The van der Waals surface area contributed by atoms with Crippen LogP contribution >= 0.6 is 11.6 Å². The zero-order valence-electron chi connectivity index (χ0n) is 15.8. The maximum atomic E-state index is 10.6. The van der Waals surface area contributed by atoms with Crippen molar-refractivity contribution in [3.63, 3.8) is 0 Å². The third-order valence-corrected chi connectivity index (χ3v) is 3.81. The summed E-state index contributed by atoms with van der Waals surface area (Å²) in [7, 11) is 0. The Kier molecular flexibility index (Phi) is 19.6. The molecule has 0 aromatic heterocycles. The van der Waals surface area contributed by atoms with E-state index in [9.17, 15) is 4.79 Å². The summed E-state index contributed by atoms with van der Waals surface area (Å²) in [5.41, 5.74) is 0. The molecule has 0 N–H and O–H groups in total. The highest BCUT2D eigenvalue weighted by molar-refractivity contribution is 6.63. The van der Waals surface area contributed by atoms with Crippen molar-refractivity contribution in [2.45, 2.75) is 77.6 Å². The van der Waals surface area contributed by atoms with E-state index in [4.69, 9.17) is 11.6 Å². The van der Waals surface area contributed by atoms with Crippen LogP contribution in [0.5, 0.6) is 0 Å². The van der Waals surface area contributed by atoms with Gasteiger partial charge in [0.2, 0.25) is 5.24 Å². The quantitative estimate of drug-likeness (QED) is 0.155. The van der Waals surface area contributed by atoms with Crippen molar-refractivity contribution in [3.05, 3.63) is 60.8 Å². The summed E-state index contributed by atoms with van der Waals surface area (Å²) in [5, 5.41) is -0.220. The molecule has 0 aliphatic heterocycles. The molecule has 0 heterocycles. The Labute approximate surface area is 160 Å². The van der Waals surface area contributed by atoms with Crippen molar-refractivity contribution >= 4 is 16.8 Å². The number of hydrogen-bond acceptors (Lipinski definition) is 1. The molecule has 0 aromatic carbocycles. The maximum Gasteiger partial charge on any atom is 0.221 e. The molecule has 0 radical (unpaired) electrons.